The Morgan fingerprint density at radius 2 is 2.11 bits per heavy atom. The van der Waals surface area contributed by atoms with E-state index in [1.807, 2.05) is 12.1 Å². The SMILES string of the molecule is CC(Cc1ccc(F)cc1)NCC1CCCCO1. The number of hydrogen-bond donors (Lipinski definition) is 1. The van der Waals surface area contributed by atoms with Crippen LogP contribution in [0, 0.1) is 5.82 Å². The van der Waals surface area contributed by atoms with Gasteiger partial charge in [0, 0.05) is 19.2 Å². The van der Waals surface area contributed by atoms with Crippen LogP contribution in [0.1, 0.15) is 31.7 Å². The smallest absolute Gasteiger partial charge is 0.123 e. The molecule has 0 amide bonds. The lowest BCUT2D eigenvalue weighted by atomic mass is 10.1. The summed E-state index contributed by atoms with van der Waals surface area (Å²) in [6.45, 7) is 3.98. The van der Waals surface area contributed by atoms with E-state index >= 15 is 0 Å². The van der Waals surface area contributed by atoms with Crippen molar-refractivity contribution in [2.75, 3.05) is 13.2 Å². The lowest BCUT2D eigenvalue weighted by Crippen LogP contribution is -2.37. The van der Waals surface area contributed by atoms with Crippen LogP contribution >= 0.6 is 0 Å². The molecule has 2 rings (SSSR count). The molecule has 1 aliphatic rings. The molecule has 100 valence electrons. The van der Waals surface area contributed by atoms with Crippen LogP contribution < -0.4 is 5.32 Å². The highest BCUT2D eigenvalue weighted by atomic mass is 19.1. The molecule has 2 nitrogen and oxygen atoms in total. The van der Waals surface area contributed by atoms with Crippen molar-refractivity contribution < 1.29 is 9.13 Å². The molecule has 1 N–H and O–H groups in total. The second kappa shape index (κ2) is 6.86. The second-order valence-corrected chi connectivity index (χ2v) is 5.13. The Morgan fingerprint density at radius 3 is 2.78 bits per heavy atom. The minimum Gasteiger partial charge on any atom is -0.377 e. The van der Waals surface area contributed by atoms with Crippen molar-refractivity contribution in [1.82, 2.24) is 5.32 Å². The summed E-state index contributed by atoms with van der Waals surface area (Å²) in [6.07, 6.45) is 4.93. The van der Waals surface area contributed by atoms with E-state index < -0.39 is 0 Å². The maximum absolute atomic E-state index is 12.8. The molecule has 0 radical (unpaired) electrons. The van der Waals surface area contributed by atoms with Gasteiger partial charge in [0.15, 0.2) is 0 Å². The van der Waals surface area contributed by atoms with Gasteiger partial charge in [0.1, 0.15) is 5.82 Å². The fraction of sp³-hybridized carbons (Fsp3) is 0.600. The van der Waals surface area contributed by atoms with Crippen molar-refractivity contribution in [1.29, 1.82) is 0 Å². The number of benzene rings is 1. The Bertz CT molecular complexity index is 346. The molecule has 1 saturated heterocycles. The lowest BCUT2D eigenvalue weighted by molar-refractivity contribution is 0.0156. The van der Waals surface area contributed by atoms with Gasteiger partial charge in [-0.3, -0.25) is 0 Å². The minimum atomic E-state index is -0.171. The van der Waals surface area contributed by atoms with Gasteiger partial charge in [0.2, 0.25) is 0 Å². The van der Waals surface area contributed by atoms with Crippen LogP contribution in [0.3, 0.4) is 0 Å². The molecule has 1 aliphatic heterocycles. The molecule has 0 aromatic heterocycles. The average molecular weight is 251 g/mol. The molecular formula is C15H22FNO. The van der Waals surface area contributed by atoms with E-state index in [0.29, 0.717) is 12.1 Å². The van der Waals surface area contributed by atoms with Crippen LogP contribution in [-0.2, 0) is 11.2 Å². The first-order valence-electron chi connectivity index (χ1n) is 6.83. The van der Waals surface area contributed by atoms with Gasteiger partial charge in [-0.1, -0.05) is 12.1 Å². The first kappa shape index (κ1) is 13.5. The Labute approximate surface area is 109 Å². The van der Waals surface area contributed by atoms with E-state index in [-0.39, 0.29) is 5.82 Å². The van der Waals surface area contributed by atoms with Crippen LogP contribution in [0.5, 0.6) is 0 Å². The summed E-state index contributed by atoms with van der Waals surface area (Å²) in [5.74, 6) is -0.171. The molecule has 2 unspecified atom stereocenters. The minimum absolute atomic E-state index is 0.171. The molecule has 3 heteroatoms. The molecule has 1 heterocycles. The van der Waals surface area contributed by atoms with Gasteiger partial charge in [0.05, 0.1) is 6.10 Å². The molecule has 0 aliphatic carbocycles. The number of rotatable bonds is 5. The fourth-order valence-electron chi connectivity index (χ4n) is 2.35. The third kappa shape index (κ3) is 4.39. The highest BCUT2D eigenvalue weighted by molar-refractivity contribution is 5.16. The monoisotopic (exact) mass is 251 g/mol. The van der Waals surface area contributed by atoms with Crippen LogP contribution in [0.4, 0.5) is 4.39 Å². The Balaban J connectivity index is 1.71. The third-order valence-corrected chi connectivity index (χ3v) is 3.42. The number of halogens is 1. The second-order valence-electron chi connectivity index (χ2n) is 5.13. The maximum atomic E-state index is 12.8. The van der Waals surface area contributed by atoms with Crippen molar-refractivity contribution >= 4 is 0 Å². The van der Waals surface area contributed by atoms with Crippen molar-refractivity contribution in [2.24, 2.45) is 0 Å². The van der Waals surface area contributed by atoms with Crippen molar-refractivity contribution in [3.8, 4) is 0 Å². The largest absolute Gasteiger partial charge is 0.377 e. The van der Waals surface area contributed by atoms with Gasteiger partial charge in [-0.05, 0) is 50.3 Å². The quantitative estimate of drug-likeness (QED) is 0.868. The van der Waals surface area contributed by atoms with E-state index in [1.165, 1.54) is 30.5 Å². The fourth-order valence-corrected chi connectivity index (χ4v) is 2.35. The van der Waals surface area contributed by atoms with Crippen LogP contribution in [0.15, 0.2) is 24.3 Å². The summed E-state index contributed by atoms with van der Waals surface area (Å²) in [7, 11) is 0. The van der Waals surface area contributed by atoms with Gasteiger partial charge >= 0.3 is 0 Å². The third-order valence-electron chi connectivity index (χ3n) is 3.42. The van der Waals surface area contributed by atoms with E-state index in [0.717, 1.165) is 26.0 Å². The molecule has 0 saturated carbocycles. The number of hydrogen-bond acceptors (Lipinski definition) is 2. The number of ether oxygens (including phenoxy) is 1. The zero-order chi connectivity index (χ0) is 12.8. The normalized spacial score (nSPS) is 21.8. The van der Waals surface area contributed by atoms with Gasteiger partial charge < -0.3 is 10.1 Å². The molecular weight excluding hydrogens is 229 g/mol. The Hall–Kier alpha value is -0.930. The van der Waals surface area contributed by atoms with Crippen molar-refractivity contribution in [3.05, 3.63) is 35.6 Å². The van der Waals surface area contributed by atoms with Gasteiger partial charge in [0.25, 0.3) is 0 Å². The highest BCUT2D eigenvalue weighted by Gasteiger charge is 2.14. The van der Waals surface area contributed by atoms with Crippen molar-refractivity contribution in [3.63, 3.8) is 0 Å². The van der Waals surface area contributed by atoms with Crippen LogP contribution in [-0.4, -0.2) is 25.3 Å². The average Bonchev–Trinajstić information content (AvgIpc) is 2.40. The predicted octanol–water partition coefficient (Wildman–Crippen LogP) is 2.92. The Kier molecular flexibility index (Phi) is 5.14. The van der Waals surface area contributed by atoms with Crippen molar-refractivity contribution in [2.45, 2.75) is 44.8 Å². The van der Waals surface area contributed by atoms with E-state index in [9.17, 15) is 4.39 Å². The van der Waals surface area contributed by atoms with Crippen LogP contribution in [0.2, 0.25) is 0 Å². The molecule has 1 aromatic rings. The van der Waals surface area contributed by atoms with E-state index in [1.54, 1.807) is 0 Å². The topological polar surface area (TPSA) is 21.3 Å². The Morgan fingerprint density at radius 1 is 1.33 bits per heavy atom. The summed E-state index contributed by atoms with van der Waals surface area (Å²) in [5.41, 5.74) is 1.17. The number of nitrogens with one attached hydrogen (secondary N) is 1. The van der Waals surface area contributed by atoms with E-state index in [4.69, 9.17) is 4.74 Å². The summed E-state index contributed by atoms with van der Waals surface area (Å²) in [4.78, 5) is 0. The predicted molar refractivity (Wildman–Crippen MR) is 71.2 cm³/mol. The summed E-state index contributed by atoms with van der Waals surface area (Å²) in [6, 6.07) is 7.13. The molecule has 1 aromatic carbocycles. The molecule has 18 heavy (non-hydrogen) atoms. The summed E-state index contributed by atoms with van der Waals surface area (Å²) < 4.78 is 18.5. The molecule has 2 atom stereocenters. The van der Waals surface area contributed by atoms with E-state index in [2.05, 4.69) is 12.2 Å². The molecule has 0 bridgehead atoms. The summed E-state index contributed by atoms with van der Waals surface area (Å²) >= 11 is 0. The van der Waals surface area contributed by atoms with Gasteiger partial charge in [-0.25, -0.2) is 4.39 Å². The molecule has 1 fully saturated rings. The highest BCUT2D eigenvalue weighted by Crippen LogP contribution is 2.12. The molecule has 0 spiro atoms. The first-order valence-corrected chi connectivity index (χ1v) is 6.83. The lowest BCUT2D eigenvalue weighted by Gasteiger charge is -2.24. The zero-order valence-electron chi connectivity index (χ0n) is 11.0. The van der Waals surface area contributed by atoms with Crippen LogP contribution in [0.25, 0.3) is 0 Å². The van der Waals surface area contributed by atoms with Gasteiger partial charge in [-0.2, -0.15) is 0 Å². The van der Waals surface area contributed by atoms with Gasteiger partial charge in [-0.15, -0.1) is 0 Å². The standard InChI is InChI=1S/C15H22FNO/c1-12(10-13-5-7-14(16)8-6-13)17-11-15-4-2-3-9-18-15/h5-8,12,15,17H,2-4,9-11H2,1H3. The zero-order valence-corrected chi connectivity index (χ0v) is 11.0. The maximum Gasteiger partial charge on any atom is 0.123 e. The summed E-state index contributed by atoms with van der Waals surface area (Å²) in [5, 5.41) is 3.50. The first-order chi connectivity index (χ1) is 8.74.